The number of fused-ring (bicyclic) bond motifs is 2. The Morgan fingerprint density at radius 3 is 2.22 bits per heavy atom. The summed E-state index contributed by atoms with van der Waals surface area (Å²) in [4.78, 5) is -0.239. The topological polar surface area (TPSA) is 99.3 Å². The molecule has 4 aromatic rings. The number of hydrogen-bond acceptors (Lipinski definition) is 5. The highest BCUT2D eigenvalue weighted by Crippen LogP contribution is 2.38. The van der Waals surface area contributed by atoms with E-state index in [1.54, 1.807) is 36.4 Å². The lowest BCUT2D eigenvalue weighted by Crippen LogP contribution is -1.98. The first kappa shape index (κ1) is 17.1. The zero-order valence-electron chi connectivity index (χ0n) is 13.9. The molecular formula is C20H14N2O4S. The number of azo groups is 1. The molecule has 0 aromatic heterocycles. The van der Waals surface area contributed by atoms with Gasteiger partial charge in [0.25, 0.3) is 10.1 Å². The summed E-state index contributed by atoms with van der Waals surface area (Å²) < 4.78 is 33.0. The summed E-state index contributed by atoms with van der Waals surface area (Å²) in [5.74, 6) is -0.0345. The lowest BCUT2D eigenvalue weighted by molar-refractivity contribution is 0.477. The van der Waals surface area contributed by atoms with E-state index in [1.165, 1.54) is 12.1 Å². The first-order chi connectivity index (χ1) is 12.9. The highest BCUT2D eigenvalue weighted by atomic mass is 32.2. The average Bonchev–Trinajstić information content (AvgIpc) is 2.66. The number of benzene rings is 4. The van der Waals surface area contributed by atoms with Crippen molar-refractivity contribution >= 4 is 43.0 Å². The van der Waals surface area contributed by atoms with Gasteiger partial charge in [0.15, 0.2) is 0 Å². The Hall–Kier alpha value is -3.29. The molecule has 4 rings (SSSR count). The van der Waals surface area contributed by atoms with Crippen molar-refractivity contribution in [3.05, 3.63) is 72.8 Å². The number of rotatable bonds is 3. The fourth-order valence-corrected chi connectivity index (χ4v) is 3.77. The van der Waals surface area contributed by atoms with E-state index < -0.39 is 10.1 Å². The molecule has 0 aliphatic heterocycles. The Kier molecular flexibility index (Phi) is 4.10. The predicted molar refractivity (Wildman–Crippen MR) is 104 cm³/mol. The fourth-order valence-electron chi connectivity index (χ4n) is 3.04. The average molecular weight is 378 g/mol. The van der Waals surface area contributed by atoms with Crippen molar-refractivity contribution in [3.8, 4) is 5.75 Å². The Morgan fingerprint density at radius 2 is 1.44 bits per heavy atom. The summed E-state index contributed by atoms with van der Waals surface area (Å²) in [6.07, 6.45) is 0. The van der Waals surface area contributed by atoms with Crippen LogP contribution in [0, 0.1) is 0 Å². The Morgan fingerprint density at radius 1 is 0.741 bits per heavy atom. The predicted octanol–water partition coefficient (Wildman–Crippen LogP) is 5.36. The van der Waals surface area contributed by atoms with Crippen LogP contribution >= 0.6 is 0 Å². The molecule has 0 bridgehead atoms. The molecule has 0 unspecified atom stereocenters. The van der Waals surface area contributed by atoms with E-state index in [9.17, 15) is 18.1 Å². The maximum atomic E-state index is 11.7. The number of hydrogen-bond donors (Lipinski definition) is 2. The molecule has 0 atom stereocenters. The van der Waals surface area contributed by atoms with Gasteiger partial charge in [-0.05, 0) is 29.0 Å². The minimum atomic E-state index is -4.43. The molecule has 0 aliphatic carbocycles. The quantitative estimate of drug-likeness (QED) is 0.370. The van der Waals surface area contributed by atoms with E-state index >= 15 is 0 Å². The molecule has 0 saturated heterocycles. The van der Waals surface area contributed by atoms with Crippen LogP contribution in [0.25, 0.3) is 21.5 Å². The number of phenolic OH excluding ortho intramolecular Hbond substituents is 1. The molecule has 6 nitrogen and oxygen atoms in total. The van der Waals surface area contributed by atoms with Gasteiger partial charge < -0.3 is 5.11 Å². The van der Waals surface area contributed by atoms with E-state index in [4.69, 9.17) is 0 Å². The highest BCUT2D eigenvalue weighted by molar-refractivity contribution is 7.86. The molecular weight excluding hydrogens is 364 g/mol. The molecule has 0 fully saturated rings. The van der Waals surface area contributed by atoms with Crippen LogP contribution in [0.3, 0.4) is 0 Å². The zero-order valence-corrected chi connectivity index (χ0v) is 14.8. The van der Waals surface area contributed by atoms with Crippen LogP contribution < -0.4 is 0 Å². The Bertz CT molecular complexity index is 1310. The van der Waals surface area contributed by atoms with Crippen LogP contribution in [0.5, 0.6) is 5.75 Å². The smallest absolute Gasteiger partial charge is 0.295 e. The summed E-state index contributed by atoms with van der Waals surface area (Å²) in [7, 11) is -4.43. The van der Waals surface area contributed by atoms with Gasteiger partial charge in [0, 0.05) is 10.8 Å². The van der Waals surface area contributed by atoms with Gasteiger partial charge >= 0.3 is 0 Å². The molecule has 0 radical (unpaired) electrons. The van der Waals surface area contributed by atoms with Gasteiger partial charge in [-0.2, -0.15) is 8.42 Å². The number of phenols is 1. The third-order valence-electron chi connectivity index (χ3n) is 4.26. The van der Waals surface area contributed by atoms with Gasteiger partial charge in [-0.25, -0.2) is 0 Å². The molecule has 134 valence electrons. The monoisotopic (exact) mass is 378 g/mol. The zero-order chi connectivity index (χ0) is 19.0. The SMILES string of the molecule is O=S(=O)(O)c1cccc2cccc(N=Nc3c(O)ccc4ccccc34)c12. The van der Waals surface area contributed by atoms with Crippen molar-refractivity contribution < 1.29 is 18.1 Å². The molecule has 0 aliphatic rings. The molecule has 0 saturated carbocycles. The molecule has 0 heterocycles. The van der Waals surface area contributed by atoms with Gasteiger partial charge in [0.05, 0.1) is 5.69 Å². The molecule has 4 aromatic carbocycles. The maximum absolute atomic E-state index is 11.7. The van der Waals surface area contributed by atoms with Crippen LogP contribution in [-0.2, 0) is 10.1 Å². The van der Waals surface area contributed by atoms with Gasteiger partial charge in [-0.1, -0.05) is 54.6 Å². The highest BCUT2D eigenvalue weighted by Gasteiger charge is 2.16. The van der Waals surface area contributed by atoms with E-state index in [-0.39, 0.29) is 27.4 Å². The van der Waals surface area contributed by atoms with Crippen molar-refractivity contribution in [2.45, 2.75) is 4.90 Å². The van der Waals surface area contributed by atoms with Crippen LogP contribution in [0.2, 0.25) is 0 Å². The maximum Gasteiger partial charge on any atom is 0.295 e. The normalized spacial score (nSPS) is 12.2. The molecule has 0 spiro atoms. The first-order valence-electron chi connectivity index (χ1n) is 8.07. The van der Waals surface area contributed by atoms with Crippen LogP contribution in [0.4, 0.5) is 11.4 Å². The molecule has 27 heavy (non-hydrogen) atoms. The second-order valence-corrected chi connectivity index (χ2v) is 7.35. The largest absolute Gasteiger partial charge is 0.506 e. The molecule has 7 heteroatoms. The van der Waals surface area contributed by atoms with Crippen molar-refractivity contribution in [2.75, 3.05) is 0 Å². The summed E-state index contributed by atoms with van der Waals surface area (Å²) in [6, 6.07) is 20.3. The van der Waals surface area contributed by atoms with E-state index in [0.29, 0.717) is 5.39 Å². The minimum absolute atomic E-state index is 0.0345. The second kappa shape index (κ2) is 6.46. The third-order valence-corrected chi connectivity index (χ3v) is 5.16. The third kappa shape index (κ3) is 3.14. The minimum Gasteiger partial charge on any atom is -0.506 e. The lowest BCUT2D eigenvalue weighted by atomic mass is 10.1. The molecule has 2 N–H and O–H groups in total. The van der Waals surface area contributed by atoms with Crippen LogP contribution in [-0.4, -0.2) is 18.1 Å². The van der Waals surface area contributed by atoms with E-state index in [2.05, 4.69) is 10.2 Å². The summed E-state index contributed by atoms with van der Waals surface area (Å²) in [5.41, 5.74) is 0.558. The van der Waals surface area contributed by atoms with Gasteiger partial charge in [-0.3, -0.25) is 4.55 Å². The summed E-state index contributed by atoms with van der Waals surface area (Å²) >= 11 is 0. The molecule has 0 amide bonds. The Balaban J connectivity index is 1.94. The van der Waals surface area contributed by atoms with Crippen LogP contribution in [0.1, 0.15) is 0 Å². The Labute approximate surface area is 155 Å². The van der Waals surface area contributed by atoms with Crippen molar-refractivity contribution in [2.24, 2.45) is 10.2 Å². The fraction of sp³-hybridized carbons (Fsp3) is 0. The standard InChI is InChI=1S/C20H14N2O4S/c23-17-12-11-13-5-1-2-8-15(13)20(17)22-21-16-9-3-6-14-7-4-10-18(19(14)16)27(24,25)26/h1-12,23H,(H,24,25,26). The van der Waals surface area contributed by atoms with Crippen molar-refractivity contribution in [1.82, 2.24) is 0 Å². The lowest BCUT2D eigenvalue weighted by Gasteiger charge is -2.07. The van der Waals surface area contributed by atoms with E-state index in [1.807, 2.05) is 24.3 Å². The number of aromatic hydroxyl groups is 1. The van der Waals surface area contributed by atoms with Crippen molar-refractivity contribution in [1.29, 1.82) is 0 Å². The van der Waals surface area contributed by atoms with Gasteiger partial charge in [-0.15, -0.1) is 10.2 Å². The van der Waals surface area contributed by atoms with Crippen molar-refractivity contribution in [3.63, 3.8) is 0 Å². The summed E-state index contributed by atoms with van der Waals surface area (Å²) in [6.45, 7) is 0. The van der Waals surface area contributed by atoms with Crippen LogP contribution in [0.15, 0.2) is 87.9 Å². The van der Waals surface area contributed by atoms with Gasteiger partial charge in [0.1, 0.15) is 16.3 Å². The first-order valence-corrected chi connectivity index (χ1v) is 9.51. The second-order valence-electron chi connectivity index (χ2n) is 5.96. The van der Waals surface area contributed by atoms with E-state index in [0.717, 1.165) is 10.8 Å². The summed E-state index contributed by atoms with van der Waals surface area (Å²) in [5, 5.41) is 21.0. The number of nitrogens with zero attached hydrogens (tertiary/aromatic N) is 2. The van der Waals surface area contributed by atoms with Gasteiger partial charge in [0.2, 0.25) is 0 Å².